The molecule has 4 aromatic rings. The molecule has 0 radical (unpaired) electrons. The van der Waals surface area contributed by atoms with E-state index in [0.29, 0.717) is 24.4 Å². The molecular weight excluding hydrogens is 500 g/mol. The van der Waals surface area contributed by atoms with Gasteiger partial charge < -0.3 is 14.8 Å². The third-order valence-corrected chi connectivity index (χ3v) is 7.87. The second-order valence-corrected chi connectivity index (χ2v) is 10.4. The summed E-state index contributed by atoms with van der Waals surface area (Å²) in [6, 6.07) is 29.9. The number of para-hydroxylation sites is 1. The number of benzene rings is 4. The molecule has 0 saturated carbocycles. The molecule has 0 aliphatic heterocycles. The first kappa shape index (κ1) is 26.8. The predicted octanol–water partition coefficient (Wildman–Crippen LogP) is 5.07. The average Bonchev–Trinajstić information content (AvgIpc) is 2.96. The lowest BCUT2D eigenvalue weighted by Crippen LogP contribution is -2.34. The lowest BCUT2D eigenvalue weighted by molar-refractivity contribution is 0.0954. The number of hydrogen-bond acceptors (Lipinski definition) is 5. The van der Waals surface area contributed by atoms with E-state index < -0.39 is 10.0 Å². The summed E-state index contributed by atoms with van der Waals surface area (Å²) in [5.41, 5.74) is 2.41. The Morgan fingerprint density at radius 1 is 0.737 bits per heavy atom. The monoisotopic (exact) mass is 530 g/mol. The van der Waals surface area contributed by atoms with Crippen LogP contribution in [-0.4, -0.2) is 35.1 Å². The summed E-state index contributed by atoms with van der Waals surface area (Å²) < 4.78 is 39.5. The molecule has 0 heterocycles. The summed E-state index contributed by atoms with van der Waals surface area (Å²) in [6.07, 6.45) is 0.621. The highest BCUT2D eigenvalue weighted by Crippen LogP contribution is 2.30. The van der Waals surface area contributed by atoms with Crippen molar-refractivity contribution < 1.29 is 22.7 Å². The van der Waals surface area contributed by atoms with Crippen molar-refractivity contribution >= 4 is 21.6 Å². The Hall–Kier alpha value is -4.30. The van der Waals surface area contributed by atoms with Gasteiger partial charge in [0.1, 0.15) is 11.5 Å². The van der Waals surface area contributed by atoms with Gasteiger partial charge in [0.05, 0.1) is 36.9 Å². The maximum atomic E-state index is 13.9. The number of methoxy groups -OCH3 is 2. The van der Waals surface area contributed by atoms with Crippen molar-refractivity contribution in [2.75, 3.05) is 25.1 Å². The Labute approximate surface area is 223 Å². The summed E-state index contributed by atoms with van der Waals surface area (Å²) >= 11 is 0. The predicted molar refractivity (Wildman–Crippen MR) is 148 cm³/mol. The van der Waals surface area contributed by atoms with E-state index in [-0.39, 0.29) is 22.9 Å². The summed E-state index contributed by atoms with van der Waals surface area (Å²) in [6.45, 7) is 0.453. The van der Waals surface area contributed by atoms with Gasteiger partial charge in [0.25, 0.3) is 15.9 Å². The highest BCUT2D eigenvalue weighted by atomic mass is 32.2. The maximum absolute atomic E-state index is 13.9. The Morgan fingerprint density at radius 2 is 1.32 bits per heavy atom. The van der Waals surface area contributed by atoms with Crippen LogP contribution in [0.15, 0.2) is 108 Å². The molecule has 0 unspecified atom stereocenters. The average molecular weight is 531 g/mol. The van der Waals surface area contributed by atoms with Crippen molar-refractivity contribution in [3.63, 3.8) is 0 Å². The number of ether oxygens (including phenoxy) is 2. The molecule has 8 heteroatoms. The minimum atomic E-state index is -4.02. The molecule has 1 N–H and O–H groups in total. The number of anilines is 1. The standard InChI is InChI=1S/C30H30N2O5S/c1-36-25-14-12-23(13-15-25)20-21-31-30(33)28-10-6-7-11-29(28)32(22-24-8-4-3-5-9-24)38(34,35)27-18-16-26(37-2)17-19-27/h3-19H,20-22H2,1-2H3,(H,31,33). The largest absolute Gasteiger partial charge is 0.497 e. The molecule has 0 aromatic heterocycles. The zero-order valence-corrected chi connectivity index (χ0v) is 22.1. The van der Waals surface area contributed by atoms with Crippen molar-refractivity contribution in [3.05, 3.63) is 120 Å². The quantitative estimate of drug-likeness (QED) is 0.293. The van der Waals surface area contributed by atoms with E-state index in [4.69, 9.17) is 9.47 Å². The van der Waals surface area contributed by atoms with E-state index in [1.807, 2.05) is 54.6 Å². The fourth-order valence-corrected chi connectivity index (χ4v) is 5.49. The Bertz CT molecular complexity index is 1460. The normalized spacial score (nSPS) is 11.0. The molecule has 0 aliphatic carbocycles. The number of nitrogens with zero attached hydrogens (tertiary/aromatic N) is 1. The van der Waals surface area contributed by atoms with E-state index in [1.165, 1.54) is 23.5 Å². The molecule has 0 spiro atoms. The van der Waals surface area contributed by atoms with Crippen LogP contribution in [0.1, 0.15) is 21.5 Å². The number of hydrogen-bond donors (Lipinski definition) is 1. The van der Waals surface area contributed by atoms with Crippen LogP contribution in [-0.2, 0) is 23.0 Å². The molecule has 38 heavy (non-hydrogen) atoms. The lowest BCUT2D eigenvalue weighted by Gasteiger charge is -2.26. The number of nitrogens with one attached hydrogen (secondary N) is 1. The highest BCUT2D eigenvalue weighted by molar-refractivity contribution is 7.92. The van der Waals surface area contributed by atoms with Crippen molar-refractivity contribution in [3.8, 4) is 11.5 Å². The Balaban J connectivity index is 1.62. The van der Waals surface area contributed by atoms with Gasteiger partial charge in [0.2, 0.25) is 0 Å². The fourth-order valence-electron chi connectivity index (χ4n) is 4.01. The fraction of sp³-hybridized carbons (Fsp3) is 0.167. The minimum absolute atomic E-state index is 0.0609. The Morgan fingerprint density at radius 3 is 1.95 bits per heavy atom. The molecule has 4 aromatic carbocycles. The van der Waals surface area contributed by atoms with Crippen molar-refractivity contribution in [1.82, 2.24) is 5.32 Å². The SMILES string of the molecule is COc1ccc(CCNC(=O)c2ccccc2N(Cc2ccccc2)S(=O)(=O)c2ccc(OC)cc2)cc1. The van der Waals surface area contributed by atoms with Gasteiger partial charge in [0.15, 0.2) is 0 Å². The second-order valence-electron chi connectivity index (χ2n) is 8.54. The van der Waals surface area contributed by atoms with Crippen molar-refractivity contribution in [2.45, 2.75) is 17.9 Å². The van der Waals surface area contributed by atoms with Crippen LogP contribution in [0.25, 0.3) is 0 Å². The minimum Gasteiger partial charge on any atom is -0.497 e. The molecule has 7 nitrogen and oxygen atoms in total. The molecule has 4 rings (SSSR count). The van der Waals surface area contributed by atoms with Gasteiger partial charge >= 0.3 is 0 Å². The van der Waals surface area contributed by atoms with Crippen LogP contribution < -0.4 is 19.1 Å². The van der Waals surface area contributed by atoms with E-state index in [0.717, 1.165) is 16.9 Å². The summed E-state index contributed by atoms with van der Waals surface area (Å²) in [7, 11) is -0.881. The molecule has 0 bridgehead atoms. The number of amides is 1. The molecule has 0 atom stereocenters. The molecule has 0 aliphatic rings. The zero-order valence-electron chi connectivity index (χ0n) is 21.3. The summed E-state index contributed by atoms with van der Waals surface area (Å²) in [5, 5.41) is 2.93. The number of sulfonamides is 1. The van der Waals surface area contributed by atoms with Crippen molar-refractivity contribution in [2.24, 2.45) is 0 Å². The van der Waals surface area contributed by atoms with Crippen LogP contribution in [0.2, 0.25) is 0 Å². The lowest BCUT2D eigenvalue weighted by atomic mass is 10.1. The first-order valence-corrected chi connectivity index (χ1v) is 13.6. The van der Waals surface area contributed by atoms with Gasteiger partial charge in [-0.2, -0.15) is 0 Å². The van der Waals surface area contributed by atoms with E-state index in [1.54, 1.807) is 43.5 Å². The van der Waals surface area contributed by atoms with Crippen LogP contribution in [0.4, 0.5) is 5.69 Å². The van der Waals surface area contributed by atoms with Gasteiger partial charge in [-0.25, -0.2) is 8.42 Å². The van der Waals surface area contributed by atoms with Crippen molar-refractivity contribution in [1.29, 1.82) is 0 Å². The summed E-state index contributed by atoms with van der Waals surface area (Å²) in [4.78, 5) is 13.4. The van der Waals surface area contributed by atoms with Gasteiger partial charge in [0, 0.05) is 6.54 Å². The van der Waals surface area contributed by atoms with Crippen LogP contribution >= 0.6 is 0 Å². The van der Waals surface area contributed by atoms with Gasteiger partial charge in [-0.15, -0.1) is 0 Å². The second kappa shape index (κ2) is 12.3. The topological polar surface area (TPSA) is 84.9 Å². The van der Waals surface area contributed by atoms with E-state index in [2.05, 4.69) is 5.32 Å². The zero-order chi connectivity index (χ0) is 27.0. The highest BCUT2D eigenvalue weighted by Gasteiger charge is 2.28. The third-order valence-electron chi connectivity index (χ3n) is 6.09. The van der Waals surface area contributed by atoms with Crippen LogP contribution in [0.5, 0.6) is 11.5 Å². The molecule has 1 amide bonds. The van der Waals surface area contributed by atoms with Crippen LogP contribution in [0, 0.1) is 0 Å². The third kappa shape index (κ3) is 6.33. The Kier molecular flexibility index (Phi) is 8.66. The van der Waals surface area contributed by atoms with E-state index >= 15 is 0 Å². The summed E-state index contributed by atoms with van der Waals surface area (Å²) in [5.74, 6) is 0.968. The first-order chi connectivity index (χ1) is 18.4. The number of rotatable bonds is 11. The molecule has 0 fully saturated rings. The van der Waals surface area contributed by atoms with Gasteiger partial charge in [-0.1, -0.05) is 54.6 Å². The van der Waals surface area contributed by atoms with Crippen LogP contribution in [0.3, 0.4) is 0 Å². The number of carbonyl (C=O) groups is 1. The maximum Gasteiger partial charge on any atom is 0.264 e. The molecule has 196 valence electrons. The first-order valence-electron chi connectivity index (χ1n) is 12.1. The number of carbonyl (C=O) groups excluding carboxylic acids is 1. The smallest absolute Gasteiger partial charge is 0.264 e. The van der Waals surface area contributed by atoms with Gasteiger partial charge in [-0.3, -0.25) is 9.10 Å². The molecular formula is C30H30N2O5S. The van der Waals surface area contributed by atoms with Gasteiger partial charge in [-0.05, 0) is 66.1 Å². The molecule has 0 saturated heterocycles. The van der Waals surface area contributed by atoms with E-state index in [9.17, 15) is 13.2 Å².